The number of phenolic OH excluding ortho intramolecular Hbond substituents is 4. The monoisotopic (exact) mass is 538 g/mol. The van der Waals surface area contributed by atoms with Gasteiger partial charge in [-0.05, 0) is 65.1 Å². The standard InChI is InChI=1S/C31H22O9/c1-12-6-16-24(18-10-14(40-2)11-22(35)28(18)30(37)26(16)20(33)7-12)23-15-4-3-5-19(32)25(15)29(36)27-17(23)8-13(31(38)39)9-21(27)34/h3-11,23-24,32-35H,1-2H3,(H,38,39)/t23-,24+/m1/s1. The summed E-state index contributed by atoms with van der Waals surface area (Å²) in [5.74, 6) is -5.87. The lowest BCUT2D eigenvalue weighted by Crippen LogP contribution is -2.30. The Hall–Kier alpha value is -5.31. The quantitative estimate of drug-likeness (QED) is 0.251. The molecule has 2 aliphatic carbocycles. The van der Waals surface area contributed by atoms with Crippen LogP contribution in [0.15, 0.2) is 54.6 Å². The van der Waals surface area contributed by atoms with Crippen molar-refractivity contribution in [1.29, 1.82) is 0 Å². The maximum atomic E-state index is 13.7. The van der Waals surface area contributed by atoms with E-state index in [9.17, 15) is 39.9 Å². The molecule has 0 amide bonds. The molecule has 6 rings (SSSR count). The second-order valence-electron chi connectivity index (χ2n) is 9.98. The van der Waals surface area contributed by atoms with E-state index in [1.807, 2.05) is 0 Å². The molecule has 4 aromatic rings. The molecule has 0 spiro atoms. The molecule has 0 bridgehead atoms. The van der Waals surface area contributed by atoms with Crippen molar-refractivity contribution in [3.8, 4) is 28.7 Å². The summed E-state index contributed by atoms with van der Waals surface area (Å²) in [4.78, 5) is 39.4. The van der Waals surface area contributed by atoms with E-state index in [1.54, 1.807) is 25.1 Å². The molecule has 200 valence electrons. The third kappa shape index (κ3) is 3.37. The second kappa shape index (κ2) is 8.60. The van der Waals surface area contributed by atoms with Crippen molar-refractivity contribution in [1.82, 2.24) is 0 Å². The summed E-state index contributed by atoms with van der Waals surface area (Å²) in [5, 5.41) is 53.4. The number of ether oxygens (including phenoxy) is 1. The van der Waals surface area contributed by atoms with Gasteiger partial charge in [0.25, 0.3) is 0 Å². The van der Waals surface area contributed by atoms with Crippen molar-refractivity contribution in [3.05, 3.63) is 110 Å². The van der Waals surface area contributed by atoms with E-state index in [2.05, 4.69) is 0 Å². The lowest BCUT2D eigenvalue weighted by molar-refractivity contribution is 0.0695. The summed E-state index contributed by atoms with van der Waals surface area (Å²) in [6, 6.07) is 12.7. The van der Waals surface area contributed by atoms with Gasteiger partial charge in [0.1, 0.15) is 28.7 Å². The molecule has 0 fully saturated rings. The Labute approximate surface area is 227 Å². The highest BCUT2D eigenvalue weighted by molar-refractivity contribution is 6.18. The van der Waals surface area contributed by atoms with Crippen molar-refractivity contribution in [2.75, 3.05) is 7.11 Å². The third-order valence-corrected chi connectivity index (χ3v) is 7.70. The molecule has 40 heavy (non-hydrogen) atoms. The van der Waals surface area contributed by atoms with E-state index in [0.717, 1.165) is 6.07 Å². The van der Waals surface area contributed by atoms with Gasteiger partial charge >= 0.3 is 5.97 Å². The number of hydrogen-bond donors (Lipinski definition) is 5. The zero-order chi connectivity index (χ0) is 28.6. The summed E-state index contributed by atoms with van der Waals surface area (Å²) < 4.78 is 5.38. The fourth-order valence-corrected chi connectivity index (χ4v) is 6.15. The number of carbonyl (C=O) groups excluding carboxylic acids is 2. The topological polar surface area (TPSA) is 162 Å². The van der Waals surface area contributed by atoms with Gasteiger partial charge in [-0.1, -0.05) is 18.2 Å². The minimum absolute atomic E-state index is 0.0534. The molecule has 2 atom stereocenters. The summed E-state index contributed by atoms with van der Waals surface area (Å²) in [6.07, 6.45) is 0. The Morgan fingerprint density at radius 2 is 1.20 bits per heavy atom. The summed E-state index contributed by atoms with van der Waals surface area (Å²) in [6.45, 7) is 1.73. The number of fused-ring (bicyclic) bond motifs is 4. The molecule has 0 saturated heterocycles. The Balaban J connectivity index is 1.80. The third-order valence-electron chi connectivity index (χ3n) is 7.70. The Morgan fingerprint density at radius 1 is 0.675 bits per heavy atom. The van der Waals surface area contributed by atoms with E-state index in [0.29, 0.717) is 22.3 Å². The van der Waals surface area contributed by atoms with Gasteiger partial charge in [0, 0.05) is 17.9 Å². The average Bonchev–Trinajstić information content (AvgIpc) is 2.88. The van der Waals surface area contributed by atoms with Crippen molar-refractivity contribution < 1.29 is 44.7 Å². The van der Waals surface area contributed by atoms with Crippen molar-refractivity contribution in [2.24, 2.45) is 0 Å². The van der Waals surface area contributed by atoms with Crippen molar-refractivity contribution in [2.45, 2.75) is 18.8 Å². The fourth-order valence-electron chi connectivity index (χ4n) is 6.15. The van der Waals surface area contributed by atoms with Crippen LogP contribution in [0.5, 0.6) is 28.7 Å². The highest BCUT2D eigenvalue weighted by Gasteiger charge is 2.46. The Kier molecular flexibility index (Phi) is 5.38. The van der Waals surface area contributed by atoms with Crippen LogP contribution in [-0.4, -0.2) is 50.2 Å². The van der Waals surface area contributed by atoms with Gasteiger partial charge in [-0.25, -0.2) is 4.79 Å². The van der Waals surface area contributed by atoms with E-state index in [-0.39, 0.29) is 56.4 Å². The predicted octanol–water partition coefficient (Wildman–Crippen LogP) is 4.58. The van der Waals surface area contributed by atoms with Crippen LogP contribution in [0.25, 0.3) is 0 Å². The molecule has 2 aliphatic rings. The smallest absolute Gasteiger partial charge is 0.335 e. The van der Waals surface area contributed by atoms with Gasteiger partial charge in [0.05, 0.1) is 34.9 Å². The number of phenols is 4. The van der Waals surface area contributed by atoms with E-state index in [4.69, 9.17) is 4.74 Å². The van der Waals surface area contributed by atoms with Crippen LogP contribution < -0.4 is 4.74 Å². The number of methoxy groups -OCH3 is 1. The van der Waals surface area contributed by atoms with Crippen LogP contribution in [0.3, 0.4) is 0 Å². The SMILES string of the molecule is COc1cc(O)c2c(c1)[C@@H]([C@@H]1c3cccc(O)c3C(=O)c3c(O)cc(C(=O)O)cc31)c1cc(C)cc(O)c1C2=O. The highest BCUT2D eigenvalue weighted by Crippen LogP contribution is 2.56. The Bertz CT molecular complexity index is 1820. The molecular formula is C31H22O9. The maximum absolute atomic E-state index is 13.7. The summed E-state index contributed by atoms with van der Waals surface area (Å²) >= 11 is 0. The number of aryl methyl sites for hydroxylation is 1. The van der Waals surface area contributed by atoms with Gasteiger partial charge < -0.3 is 30.3 Å². The highest BCUT2D eigenvalue weighted by atomic mass is 16.5. The van der Waals surface area contributed by atoms with Gasteiger partial charge in [0.2, 0.25) is 11.6 Å². The van der Waals surface area contributed by atoms with E-state index < -0.39 is 35.1 Å². The molecule has 0 unspecified atom stereocenters. The zero-order valence-corrected chi connectivity index (χ0v) is 21.2. The number of carboxylic acids is 1. The van der Waals surface area contributed by atoms with Gasteiger partial charge in [0.15, 0.2) is 0 Å². The molecule has 4 aromatic carbocycles. The van der Waals surface area contributed by atoms with Crippen LogP contribution in [0.2, 0.25) is 0 Å². The van der Waals surface area contributed by atoms with Crippen LogP contribution in [-0.2, 0) is 0 Å². The molecule has 9 nitrogen and oxygen atoms in total. The van der Waals surface area contributed by atoms with Crippen molar-refractivity contribution >= 4 is 17.5 Å². The number of carbonyl (C=O) groups is 3. The first kappa shape index (κ1) is 25.0. The van der Waals surface area contributed by atoms with Gasteiger partial charge in [-0.2, -0.15) is 0 Å². The first-order valence-electron chi connectivity index (χ1n) is 12.3. The normalized spacial score (nSPS) is 16.9. The summed E-state index contributed by atoms with van der Waals surface area (Å²) in [5.41, 5.74) is 1.08. The molecule has 0 saturated carbocycles. The average molecular weight is 539 g/mol. The van der Waals surface area contributed by atoms with E-state index >= 15 is 0 Å². The van der Waals surface area contributed by atoms with Crippen molar-refractivity contribution in [3.63, 3.8) is 0 Å². The number of rotatable bonds is 3. The van der Waals surface area contributed by atoms with E-state index in [1.165, 1.54) is 37.4 Å². The number of carboxylic acid groups (broad SMARTS) is 1. The lowest BCUT2D eigenvalue weighted by atomic mass is 9.63. The molecule has 0 aliphatic heterocycles. The first-order chi connectivity index (χ1) is 19.0. The minimum Gasteiger partial charge on any atom is -0.507 e. The second-order valence-corrected chi connectivity index (χ2v) is 9.98. The van der Waals surface area contributed by atoms with Gasteiger partial charge in [-0.15, -0.1) is 0 Å². The molecule has 0 radical (unpaired) electrons. The largest absolute Gasteiger partial charge is 0.507 e. The maximum Gasteiger partial charge on any atom is 0.335 e. The van der Waals surface area contributed by atoms with Crippen LogP contribution in [0.4, 0.5) is 0 Å². The van der Waals surface area contributed by atoms with Gasteiger partial charge in [-0.3, -0.25) is 9.59 Å². The molecule has 9 heteroatoms. The number of aromatic hydroxyl groups is 4. The van der Waals surface area contributed by atoms with Crippen LogP contribution in [0, 0.1) is 6.92 Å². The number of aromatic carboxylic acids is 1. The number of benzene rings is 4. The predicted molar refractivity (Wildman–Crippen MR) is 141 cm³/mol. The fraction of sp³-hybridized carbons (Fsp3) is 0.129. The minimum atomic E-state index is -1.33. The van der Waals surface area contributed by atoms with Crippen LogP contribution >= 0.6 is 0 Å². The molecule has 5 N–H and O–H groups in total. The zero-order valence-electron chi connectivity index (χ0n) is 21.2. The summed E-state index contributed by atoms with van der Waals surface area (Å²) in [7, 11) is 1.39. The molecular weight excluding hydrogens is 516 g/mol. The molecule has 0 heterocycles. The Morgan fingerprint density at radius 3 is 1.82 bits per heavy atom. The number of ketones is 2. The number of hydrogen-bond acceptors (Lipinski definition) is 8. The molecule has 0 aromatic heterocycles. The lowest BCUT2D eigenvalue weighted by Gasteiger charge is -2.38. The first-order valence-corrected chi connectivity index (χ1v) is 12.3. The van der Waals surface area contributed by atoms with Crippen LogP contribution in [0.1, 0.15) is 81.9 Å².